The van der Waals surface area contributed by atoms with Gasteiger partial charge in [-0.2, -0.15) is 5.06 Å². The molecule has 0 aliphatic rings. The van der Waals surface area contributed by atoms with E-state index in [0.29, 0.717) is 24.8 Å². The molecule has 0 saturated heterocycles. The van der Waals surface area contributed by atoms with Gasteiger partial charge in [0, 0.05) is 0 Å². The zero-order chi connectivity index (χ0) is 18.3. The Bertz CT molecular complexity index is 723. The van der Waals surface area contributed by atoms with E-state index < -0.39 is 6.09 Å². The van der Waals surface area contributed by atoms with Crippen molar-refractivity contribution in [3.05, 3.63) is 43.8 Å². The van der Waals surface area contributed by atoms with Gasteiger partial charge in [0.1, 0.15) is 10.3 Å². The van der Waals surface area contributed by atoms with E-state index in [4.69, 9.17) is 28.4 Å². The summed E-state index contributed by atoms with van der Waals surface area (Å²) in [4.78, 5) is 18.4. The highest BCUT2D eigenvalue weighted by Gasteiger charge is 2.14. The van der Waals surface area contributed by atoms with Crippen LogP contribution in [-0.2, 0) is 4.74 Å². The Labute approximate surface area is 163 Å². The number of ether oxygens (including phenoxy) is 1. The van der Waals surface area contributed by atoms with Crippen LogP contribution in [-0.4, -0.2) is 33.6 Å². The highest BCUT2D eigenvalue weighted by molar-refractivity contribution is 9.10. The molecule has 0 spiro atoms. The number of amides is 1. The van der Waals surface area contributed by atoms with Crippen LogP contribution in [0.2, 0.25) is 10.3 Å². The number of pyridine rings is 2. The van der Waals surface area contributed by atoms with Crippen molar-refractivity contribution in [1.29, 1.82) is 0 Å². The van der Waals surface area contributed by atoms with Gasteiger partial charge in [0.15, 0.2) is 0 Å². The van der Waals surface area contributed by atoms with Crippen LogP contribution in [0.5, 0.6) is 0 Å². The molecule has 3 N–H and O–H groups in total. The number of methoxy groups -OCH3 is 1. The molecule has 12 heteroatoms. The predicted octanol–water partition coefficient (Wildman–Crippen LogP) is 4.76. The number of nitrogens with zero attached hydrogens (tertiary/aromatic N) is 3. The smallest absolute Gasteiger partial charge is 0.438 e. The quantitative estimate of drug-likeness (QED) is 0.307. The molecule has 2 heterocycles. The Balaban J connectivity index is 0.000000254. The van der Waals surface area contributed by atoms with Gasteiger partial charge in [-0.05, 0) is 44.0 Å². The van der Waals surface area contributed by atoms with Crippen LogP contribution < -0.4 is 10.5 Å². The molecule has 0 aliphatic carbocycles. The van der Waals surface area contributed by atoms with E-state index in [-0.39, 0.29) is 10.8 Å². The molecule has 130 valence electrons. The van der Waals surface area contributed by atoms with E-state index in [1.54, 1.807) is 6.07 Å². The van der Waals surface area contributed by atoms with E-state index in [2.05, 4.69) is 46.6 Å². The Kier molecular flexibility index (Phi) is 8.67. The topological polar surface area (TPSA) is 108 Å². The average Bonchev–Trinajstić information content (AvgIpc) is 2.59. The molecule has 1 amide bonds. The van der Waals surface area contributed by atoms with E-state index in [0.717, 1.165) is 7.11 Å². The van der Waals surface area contributed by atoms with E-state index >= 15 is 0 Å². The lowest BCUT2D eigenvalue weighted by Crippen LogP contribution is -2.26. The van der Waals surface area contributed by atoms with Crippen LogP contribution in [0.3, 0.4) is 0 Å². The molecule has 8 nitrogen and oxygen atoms in total. The second-order valence-corrected chi connectivity index (χ2v) is 6.28. The zero-order valence-corrected chi connectivity index (χ0v) is 16.6. The third-order valence-corrected chi connectivity index (χ3v) is 4.57. The van der Waals surface area contributed by atoms with Crippen molar-refractivity contribution in [2.75, 3.05) is 17.7 Å². The summed E-state index contributed by atoms with van der Waals surface area (Å²) >= 11 is 17.4. The lowest BCUT2D eigenvalue weighted by molar-refractivity contribution is 0.141. The first-order chi connectivity index (χ1) is 11.3. The molecule has 0 radical (unpaired) electrons. The van der Waals surface area contributed by atoms with Crippen LogP contribution in [0, 0.1) is 0 Å². The molecule has 0 fully saturated rings. The highest BCUT2D eigenvalue weighted by atomic mass is 79.9. The van der Waals surface area contributed by atoms with Crippen molar-refractivity contribution in [3.8, 4) is 0 Å². The van der Waals surface area contributed by atoms with Crippen LogP contribution in [0.4, 0.5) is 16.2 Å². The lowest BCUT2D eigenvalue weighted by atomic mass is 10.4. The summed E-state index contributed by atoms with van der Waals surface area (Å²) in [5.41, 5.74) is 2.60. The Morgan fingerprint density at radius 3 is 2.21 bits per heavy atom. The van der Waals surface area contributed by atoms with Gasteiger partial charge >= 0.3 is 6.09 Å². The SMILES string of the molecule is COC(=O)N(O)c1cnc(Cl)c(Br)c1.ONc1cnc(Cl)c(Br)c1. The number of rotatable bonds is 2. The number of hydrogen-bond acceptors (Lipinski definition) is 7. The number of nitrogens with one attached hydrogen (secondary N) is 1. The van der Waals surface area contributed by atoms with Gasteiger partial charge < -0.3 is 4.74 Å². The molecule has 0 aliphatic heterocycles. The summed E-state index contributed by atoms with van der Waals surface area (Å²) in [6, 6.07) is 3.06. The van der Waals surface area contributed by atoms with Crippen LogP contribution in [0.1, 0.15) is 0 Å². The van der Waals surface area contributed by atoms with Gasteiger partial charge in [0.25, 0.3) is 0 Å². The first kappa shape index (κ1) is 20.9. The standard InChI is InChI=1S/C7H6BrClN2O3.C5H4BrClN2O/c1-14-7(12)11(13)4-2-5(8)6(9)10-3-4;6-4-1-3(9-10)2-8-5(4)7/h2-3,13H,1H3;1-2,9-10H. The third-order valence-electron chi connectivity index (χ3n) is 2.30. The number of halogens is 4. The van der Waals surface area contributed by atoms with Gasteiger partial charge in [-0.3, -0.25) is 15.9 Å². The van der Waals surface area contributed by atoms with Crippen molar-refractivity contribution in [3.63, 3.8) is 0 Å². The molecular weight excluding hydrogens is 495 g/mol. The minimum Gasteiger partial charge on any atom is -0.451 e. The number of hydrogen-bond donors (Lipinski definition) is 3. The van der Waals surface area contributed by atoms with Gasteiger partial charge in [0.2, 0.25) is 0 Å². The van der Waals surface area contributed by atoms with Gasteiger partial charge in [-0.1, -0.05) is 23.2 Å². The number of hydroxylamine groups is 1. The largest absolute Gasteiger partial charge is 0.451 e. The van der Waals surface area contributed by atoms with Crippen LogP contribution >= 0.6 is 55.1 Å². The average molecular weight is 505 g/mol. The Hall–Kier alpha value is -1.17. The summed E-state index contributed by atoms with van der Waals surface area (Å²) < 4.78 is 5.42. The molecule has 2 aromatic heterocycles. The minimum absolute atomic E-state index is 0.160. The molecule has 2 aromatic rings. The Morgan fingerprint density at radius 1 is 1.21 bits per heavy atom. The monoisotopic (exact) mass is 502 g/mol. The van der Waals surface area contributed by atoms with E-state index in [1.165, 1.54) is 18.5 Å². The van der Waals surface area contributed by atoms with E-state index in [9.17, 15) is 10.0 Å². The fourth-order valence-electron chi connectivity index (χ4n) is 1.20. The lowest BCUT2D eigenvalue weighted by Gasteiger charge is -2.12. The molecule has 0 saturated carbocycles. The maximum Gasteiger partial charge on any atom is 0.438 e. The second kappa shape index (κ2) is 9.97. The zero-order valence-electron chi connectivity index (χ0n) is 11.9. The summed E-state index contributed by atoms with van der Waals surface area (Å²) in [6.45, 7) is 0. The number of carbonyl (C=O) groups is 1. The van der Waals surface area contributed by atoms with Crippen molar-refractivity contribution in [2.45, 2.75) is 0 Å². The van der Waals surface area contributed by atoms with Crippen molar-refractivity contribution in [2.24, 2.45) is 0 Å². The highest BCUT2D eigenvalue weighted by Crippen LogP contribution is 2.24. The molecular formula is C12H10Br2Cl2N4O4. The van der Waals surface area contributed by atoms with Gasteiger partial charge in [-0.25, -0.2) is 14.8 Å². The summed E-state index contributed by atoms with van der Waals surface area (Å²) in [5, 5.41) is 18.6. The van der Waals surface area contributed by atoms with Crippen LogP contribution in [0.15, 0.2) is 33.5 Å². The van der Waals surface area contributed by atoms with Crippen molar-refractivity contribution in [1.82, 2.24) is 9.97 Å². The fourth-order valence-corrected chi connectivity index (χ4v) is 2.09. The molecule has 2 rings (SSSR count). The van der Waals surface area contributed by atoms with Gasteiger partial charge in [0.05, 0.1) is 39.8 Å². The number of carbonyl (C=O) groups excluding carboxylic acids is 1. The Morgan fingerprint density at radius 2 is 1.75 bits per heavy atom. The molecule has 0 atom stereocenters. The summed E-state index contributed by atoms with van der Waals surface area (Å²) in [6.07, 6.45) is 1.76. The molecule has 0 unspecified atom stereocenters. The van der Waals surface area contributed by atoms with Crippen molar-refractivity contribution < 1.29 is 19.9 Å². The summed E-state index contributed by atoms with van der Waals surface area (Å²) in [5.74, 6) is 0. The molecule has 24 heavy (non-hydrogen) atoms. The van der Waals surface area contributed by atoms with Crippen LogP contribution in [0.25, 0.3) is 0 Å². The maximum atomic E-state index is 10.9. The fraction of sp³-hybridized carbons (Fsp3) is 0.0833. The normalized spacial score (nSPS) is 9.62. The predicted molar refractivity (Wildman–Crippen MR) is 96.0 cm³/mol. The number of anilines is 2. The van der Waals surface area contributed by atoms with Gasteiger partial charge in [-0.15, -0.1) is 0 Å². The minimum atomic E-state index is -0.902. The van der Waals surface area contributed by atoms with Crippen molar-refractivity contribution >= 4 is 72.5 Å². The maximum absolute atomic E-state index is 10.9. The number of aromatic nitrogens is 2. The summed E-state index contributed by atoms with van der Waals surface area (Å²) in [7, 11) is 1.16. The second-order valence-electron chi connectivity index (χ2n) is 3.86. The first-order valence-corrected chi connectivity index (χ1v) is 8.23. The van der Waals surface area contributed by atoms with E-state index in [1.807, 2.05) is 5.48 Å². The molecule has 0 bridgehead atoms. The third kappa shape index (κ3) is 6.04. The molecule has 0 aromatic carbocycles. The first-order valence-electron chi connectivity index (χ1n) is 5.89.